The highest BCUT2D eigenvalue weighted by atomic mass is 16.6. The highest BCUT2D eigenvalue weighted by Gasteiger charge is 2.41. The lowest BCUT2D eigenvalue weighted by Crippen LogP contribution is -2.43. The standard InChI is InChI=1S/C12H17NO4/c1-12(2,3)17-11(15)13-9-5-4-7-6-8(9)10(14)16-7/h4-5,7-9H,6H2,1-3H3,(H,13,15)/t7-,8-,9-/m0/s1. The average molecular weight is 239 g/mol. The number of hydrogen-bond donors (Lipinski definition) is 1. The second-order valence-electron chi connectivity index (χ2n) is 5.37. The monoisotopic (exact) mass is 239 g/mol. The molecule has 0 spiro atoms. The van der Waals surface area contributed by atoms with Crippen LogP contribution in [-0.2, 0) is 14.3 Å². The van der Waals surface area contributed by atoms with Crippen molar-refractivity contribution >= 4 is 12.1 Å². The number of esters is 1. The lowest BCUT2D eigenvalue weighted by molar-refractivity contribution is -0.142. The minimum absolute atomic E-state index is 0.121. The number of amides is 1. The van der Waals surface area contributed by atoms with Crippen LogP contribution in [0.5, 0.6) is 0 Å². The molecule has 2 rings (SSSR count). The number of ether oxygens (including phenoxy) is 2. The van der Waals surface area contributed by atoms with Crippen LogP contribution in [0.2, 0.25) is 0 Å². The summed E-state index contributed by atoms with van der Waals surface area (Å²) in [5.74, 6) is -0.529. The molecule has 5 nitrogen and oxygen atoms in total. The third-order valence-corrected chi connectivity index (χ3v) is 2.71. The van der Waals surface area contributed by atoms with E-state index in [1.807, 2.05) is 6.08 Å². The lowest BCUT2D eigenvalue weighted by atomic mass is 9.91. The Labute approximate surface area is 100 Å². The van der Waals surface area contributed by atoms with Crippen molar-refractivity contribution in [3.63, 3.8) is 0 Å². The van der Waals surface area contributed by atoms with Crippen LogP contribution < -0.4 is 5.32 Å². The summed E-state index contributed by atoms with van der Waals surface area (Å²) in [6.07, 6.45) is 3.61. The maximum Gasteiger partial charge on any atom is 0.408 e. The molecule has 1 aliphatic heterocycles. The minimum atomic E-state index is -0.540. The number of hydrogen-bond acceptors (Lipinski definition) is 4. The molecule has 0 aromatic carbocycles. The normalized spacial score (nSPS) is 31.0. The third-order valence-electron chi connectivity index (χ3n) is 2.71. The van der Waals surface area contributed by atoms with Gasteiger partial charge < -0.3 is 14.8 Å². The van der Waals surface area contributed by atoms with Gasteiger partial charge in [0.05, 0.1) is 12.0 Å². The van der Waals surface area contributed by atoms with Crippen molar-refractivity contribution in [2.45, 2.75) is 44.9 Å². The quantitative estimate of drug-likeness (QED) is 0.554. The molecule has 0 saturated carbocycles. The van der Waals surface area contributed by atoms with E-state index in [9.17, 15) is 9.59 Å². The molecule has 94 valence electrons. The van der Waals surface area contributed by atoms with Crippen molar-refractivity contribution in [1.29, 1.82) is 0 Å². The fourth-order valence-corrected chi connectivity index (χ4v) is 2.01. The first-order chi connectivity index (χ1) is 7.85. The van der Waals surface area contributed by atoms with E-state index in [2.05, 4.69) is 5.32 Å². The summed E-state index contributed by atoms with van der Waals surface area (Å²) >= 11 is 0. The molecule has 1 N–H and O–H groups in total. The molecule has 17 heavy (non-hydrogen) atoms. The summed E-state index contributed by atoms with van der Waals surface area (Å²) in [6.45, 7) is 5.38. The largest absolute Gasteiger partial charge is 0.458 e. The van der Waals surface area contributed by atoms with Crippen LogP contribution in [-0.4, -0.2) is 29.8 Å². The predicted octanol–water partition coefficient (Wildman–Crippen LogP) is 1.38. The van der Waals surface area contributed by atoms with Crippen molar-refractivity contribution < 1.29 is 19.1 Å². The Hall–Kier alpha value is -1.52. The molecule has 2 aliphatic rings. The number of carbonyl (C=O) groups is 2. The average Bonchev–Trinajstić information content (AvgIpc) is 2.45. The summed E-state index contributed by atoms with van der Waals surface area (Å²) in [5.41, 5.74) is -0.540. The number of fused-ring (bicyclic) bond motifs is 2. The molecule has 0 radical (unpaired) electrons. The Morgan fingerprint density at radius 3 is 2.82 bits per heavy atom. The van der Waals surface area contributed by atoms with Gasteiger partial charge in [0.1, 0.15) is 11.7 Å². The molecule has 1 heterocycles. The number of carbonyl (C=O) groups excluding carboxylic acids is 2. The molecule has 1 saturated heterocycles. The second kappa shape index (κ2) is 4.05. The number of alkyl carbamates (subject to hydrolysis) is 1. The van der Waals surface area contributed by atoms with Crippen molar-refractivity contribution in [1.82, 2.24) is 5.32 Å². The molecule has 1 amide bonds. The Morgan fingerprint density at radius 1 is 1.47 bits per heavy atom. The van der Waals surface area contributed by atoms with Crippen LogP contribution in [0.3, 0.4) is 0 Å². The highest BCUT2D eigenvalue weighted by molar-refractivity contribution is 5.78. The molecule has 3 atom stereocenters. The van der Waals surface area contributed by atoms with Gasteiger partial charge in [-0.05, 0) is 26.8 Å². The van der Waals surface area contributed by atoms with Gasteiger partial charge in [-0.15, -0.1) is 0 Å². The van der Waals surface area contributed by atoms with Crippen LogP contribution in [0.15, 0.2) is 12.2 Å². The van der Waals surface area contributed by atoms with Gasteiger partial charge >= 0.3 is 12.1 Å². The molecule has 5 heteroatoms. The first kappa shape index (κ1) is 12.0. The molecule has 0 unspecified atom stereocenters. The van der Waals surface area contributed by atoms with E-state index in [4.69, 9.17) is 9.47 Å². The summed E-state index contributed by atoms with van der Waals surface area (Å²) in [5, 5.41) is 2.68. The molecule has 0 aromatic rings. The van der Waals surface area contributed by atoms with E-state index in [0.29, 0.717) is 6.42 Å². The Morgan fingerprint density at radius 2 is 2.18 bits per heavy atom. The van der Waals surface area contributed by atoms with Crippen LogP contribution >= 0.6 is 0 Å². The Bertz CT molecular complexity index is 369. The smallest absolute Gasteiger partial charge is 0.408 e. The van der Waals surface area contributed by atoms with E-state index < -0.39 is 11.7 Å². The first-order valence-corrected chi connectivity index (χ1v) is 5.73. The minimum Gasteiger partial charge on any atom is -0.458 e. The van der Waals surface area contributed by atoms with E-state index in [1.54, 1.807) is 26.8 Å². The van der Waals surface area contributed by atoms with Crippen LogP contribution in [0.1, 0.15) is 27.2 Å². The van der Waals surface area contributed by atoms with Crippen molar-refractivity contribution in [2.24, 2.45) is 5.92 Å². The fraction of sp³-hybridized carbons (Fsp3) is 0.667. The van der Waals surface area contributed by atoms with Crippen molar-refractivity contribution in [2.75, 3.05) is 0 Å². The zero-order valence-electron chi connectivity index (χ0n) is 10.2. The summed E-state index contributed by atoms with van der Waals surface area (Å²) < 4.78 is 10.2. The summed E-state index contributed by atoms with van der Waals surface area (Å²) in [4.78, 5) is 23.1. The summed E-state index contributed by atoms with van der Waals surface area (Å²) in [7, 11) is 0. The van der Waals surface area contributed by atoms with Gasteiger partial charge in [-0.3, -0.25) is 4.79 Å². The molecule has 0 aromatic heterocycles. The second-order valence-corrected chi connectivity index (χ2v) is 5.37. The van der Waals surface area contributed by atoms with Crippen LogP contribution in [0, 0.1) is 5.92 Å². The highest BCUT2D eigenvalue weighted by Crippen LogP contribution is 2.30. The lowest BCUT2D eigenvalue weighted by Gasteiger charge is -2.24. The van der Waals surface area contributed by atoms with Crippen LogP contribution in [0.4, 0.5) is 4.79 Å². The van der Waals surface area contributed by atoms with Gasteiger partial charge in [0, 0.05) is 6.42 Å². The molecule has 1 fully saturated rings. The molecular formula is C12H17NO4. The number of nitrogens with one attached hydrogen (secondary N) is 1. The van der Waals surface area contributed by atoms with E-state index >= 15 is 0 Å². The van der Waals surface area contributed by atoms with E-state index in [1.165, 1.54) is 0 Å². The predicted molar refractivity (Wildman–Crippen MR) is 60.3 cm³/mol. The van der Waals surface area contributed by atoms with Crippen LogP contribution in [0.25, 0.3) is 0 Å². The van der Waals surface area contributed by atoms with E-state index in [-0.39, 0.29) is 24.0 Å². The fourth-order valence-electron chi connectivity index (χ4n) is 2.01. The Kier molecular flexibility index (Phi) is 2.85. The van der Waals surface area contributed by atoms with Gasteiger partial charge in [-0.1, -0.05) is 6.08 Å². The van der Waals surface area contributed by atoms with Gasteiger partial charge in [-0.2, -0.15) is 0 Å². The third kappa shape index (κ3) is 2.78. The first-order valence-electron chi connectivity index (χ1n) is 5.73. The topological polar surface area (TPSA) is 64.6 Å². The SMILES string of the molecule is CC(C)(C)OC(=O)N[C@H]1C=C[C@H]2C[C@@H]1C(=O)O2. The molecule has 2 bridgehead atoms. The maximum atomic E-state index is 11.6. The zero-order valence-corrected chi connectivity index (χ0v) is 10.2. The summed E-state index contributed by atoms with van der Waals surface area (Å²) in [6, 6.07) is -0.323. The Balaban J connectivity index is 1.95. The van der Waals surface area contributed by atoms with Crippen molar-refractivity contribution in [3.8, 4) is 0 Å². The zero-order chi connectivity index (χ0) is 12.6. The van der Waals surface area contributed by atoms with Gasteiger partial charge in [-0.25, -0.2) is 4.79 Å². The van der Waals surface area contributed by atoms with E-state index in [0.717, 1.165) is 0 Å². The van der Waals surface area contributed by atoms with Gasteiger partial charge in [0.25, 0.3) is 0 Å². The van der Waals surface area contributed by atoms with Crippen molar-refractivity contribution in [3.05, 3.63) is 12.2 Å². The van der Waals surface area contributed by atoms with Gasteiger partial charge in [0.15, 0.2) is 0 Å². The number of rotatable bonds is 1. The maximum absolute atomic E-state index is 11.6. The molecular weight excluding hydrogens is 222 g/mol. The van der Waals surface area contributed by atoms with Gasteiger partial charge in [0.2, 0.25) is 0 Å². The molecule has 1 aliphatic carbocycles.